The molecule has 0 aromatic heterocycles. The standard InChI is InChI=1S/C20H15NO3/c22-17-10-12-6-7-13(11-16(12)20(17)8-3-9-20)21-18(23)14-4-1-2-5-15(14)19(21)24/h1-2,4-7,11H,3,8-10H2. The summed E-state index contributed by atoms with van der Waals surface area (Å²) in [7, 11) is 0. The third-order valence-electron chi connectivity index (χ3n) is 5.75. The average Bonchev–Trinajstić information content (AvgIpc) is 2.98. The molecule has 3 aliphatic rings. The lowest BCUT2D eigenvalue weighted by atomic mass is 9.64. The van der Waals surface area contributed by atoms with Crippen molar-refractivity contribution in [2.24, 2.45) is 0 Å². The van der Waals surface area contributed by atoms with E-state index in [2.05, 4.69) is 0 Å². The zero-order valence-corrected chi connectivity index (χ0v) is 13.0. The molecule has 24 heavy (non-hydrogen) atoms. The molecule has 2 aromatic rings. The number of anilines is 1. The second-order valence-electron chi connectivity index (χ2n) is 6.87. The normalized spacial score (nSPS) is 20.3. The molecule has 0 bridgehead atoms. The number of hydrogen-bond donors (Lipinski definition) is 0. The first-order chi connectivity index (χ1) is 11.6. The Morgan fingerprint density at radius 1 is 0.875 bits per heavy atom. The quantitative estimate of drug-likeness (QED) is 0.760. The van der Waals surface area contributed by atoms with Crippen LogP contribution in [0.3, 0.4) is 0 Å². The van der Waals surface area contributed by atoms with Crippen LogP contribution in [0, 0.1) is 0 Å². The maximum absolute atomic E-state index is 12.7. The summed E-state index contributed by atoms with van der Waals surface area (Å²) in [6, 6.07) is 12.5. The van der Waals surface area contributed by atoms with Gasteiger partial charge in [0.05, 0.1) is 22.2 Å². The third-order valence-corrected chi connectivity index (χ3v) is 5.75. The van der Waals surface area contributed by atoms with Crippen molar-refractivity contribution >= 4 is 23.3 Å². The highest BCUT2D eigenvalue weighted by atomic mass is 16.2. The number of nitrogens with zero attached hydrogens (tertiary/aromatic N) is 1. The van der Waals surface area contributed by atoms with E-state index in [1.165, 1.54) is 4.90 Å². The Bertz CT molecular complexity index is 905. The molecule has 5 rings (SSSR count). The highest BCUT2D eigenvalue weighted by Gasteiger charge is 2.50. The van der Waals surface area contributed by atoms with Crippen LogP contribution in [-0.4, -0.2) is 17.6 Å². The van der Waals surface area contributed by atoms with Crippen LogP contribution in [0.15, 0.2) is 42.5 Å². The van der Waals surface area contributed by atoms with Gasteiger partial charge in [-0.15, -0.1) is 0 Å². The number of carbonyl (C=O) groups excluding carboxylic acids is 3. The van der Waals surface area contributed by atoms with E-state index in [0.717, 1.165) is 30.4 Å². The van der Waals surface area contributed by atoms with Gasteiger partial charge in [-0.25, -0.2) is 4.90 Å². The number of ketones is 1. The van der Waals surface area contributed by atoms with Gasteiger partial charge in [-0.2, -0.15) is 0 Å². The average molecular weight is 317 g/mol. The van der Waals surface area contributed by atoms with Gasteiger partial charge in [-0.3, -0.25) is 14.4 Å². The molecule has 0 N–H and O–H groups in total. The summed E-state index contributed by atoms with van der Waals surface area (Å²) in [4.78, 5) is 39.0. The van der Waals surface area contributed by atoms with Crippen LogP contribution in [0.1, 0.15) is 51.1 Å². The smallest absolute Gasteiger partial charge is 0.266 e. The molecule has 2 aromatic carbocycles. The van der Waals surface area contributed by atoms with E-state index in [0.29, 0.717) is 23.2 Å². The number of fused-ring (bicyclic) bond motifs is 3. The molecular weight excluding hydrogens is 302 g/mol. The molecule has 2 amide bonds. The predicted molar refractivity (Wildman–Crippen MR) is 88.3 cm³/mol. The molecule has 4 nitrogen and oxygen atoms in total. The van der Waals surface area contributed by atoms with Gasteiger partial charge >= 0.3 is 0 Å². The van der Waals surface area contributed by atoms with Crippen molar-refractivity contribution in [3.8, 4) is 0 Å². The van der Waals surface area contributed by atoms with Crippen molar-refractivity contribution in [2.45, 2.75) is 31.1 Å². The lowest BCUT2D eigenvalue weighted by Gasteiger charge is -2.37. The van der Waals surface area contributed by atoms with Gasteiger partial charge in [-0.05, 0) is 48.2 Å². The number of carbonyl (C=O) groups is 3. The van der Waals surface area contributed by atoms with Crippen LogP contribution in [0.4, 0.5) is 5.69 Å². The largest absolute Gasteiger partial charge is 0.298 e. The molecule has 1 aliphatic heterocycles. The number of rotatable bonds is 1. The van der Waals surface area contributed by atoms with E-state index in [1.807, 2.05) is 12.1 Å². The maximum Gasteiger partial charge on any atom is 0.266 e. The number of imide groups is 1. The lowest BCUT2D eigenvalue weighted by molar-refractivity contribution is -0.125. The summed E-state index contributed by atoms with van der Waals surface area (Å²) in [6.45, 7) is 0. The van der Waals surface area contributed by atoms with Gasteiger partial charge in [0.15, 0.2) is 0 Å². The SMILES string of the molecule is O=C1c2ccccc2C(=O)N1c1ccc2c(c1)C1(CCC1)C(=O)C2. The van der Waals surface area contributed by atoms with Gasteiger partial charge in [-0.1, -0.05) is 24.6 Å². The number of amides is 2. The summed E-state index contributed by atoms with van der Waals surface area (Å²) < 4.78 is 0. The molecule has 2 aliphatic carbocycles. The molecule has 0 radical (unpaired) electrons. The molecule has 1 fully saturated rings. The maximum atomic E-state index is 12.7. The summed E-state index contributed by atoms with van der Waals surface area (Å²) in [5, 5.41) is 0. The van der Waals surface area contributed by atoms with Crippen molar-refractivity contribution in [3.63, 3.8) is 0 Å². The molecule has 1 saturated carbocycles. The van der Waals surface area contributed by atoms with E-state index in [4.69, 9.17) is 0 Å². The first-order valence-corrected chi connectivity index (χ1v) is 8.26. The predicted octanol–water partition coefficient (Wildman–Crippen LogP) is 3.03. The minimum absolute atomic E-state index is 0.281. The molecule has 1 spiro atoms. The fourth-order valence-electron chi connectivity index (χ4n) is 4.30. The molecule has 0 atom stereocenters. The lowest BCUT2D eigenvalue weighted by Crippen LogP contribution is -2.39. The minimum Gasteiger partial charge on any atom is -0.298 e. The van der Waals surface area contributed by atoms with Crippen LogP contribution in [0.2, 0.25) is 0 Å². The molecule has 0 unspecified atom stereocenters. The van der Waals surface area contributed by atoms with Crippen LogP contribution < -0.4 is 4.90 Å². The Morgan fingerprint density at radius 2 is 1.54 bits per heavy atom. The van der Waals surface area contributed by atoms with E-state index >= 15 is 0 Å². The fraction of sp³-hybridized carbons (Fsp3) is 0.250. The summed E-state index contributed by atoms with van der Waals surface area (Å²) in [5.41, 5.74) is 3.16. The molecule has 0 saturated heterocycles. The van der Waals surface area contributed by atoms with Crippen molar-refractivity contribution in [1.82, 2.24) is 0 Å². The summed E-state index contributed by atoms with van der Waals surface area (Å²) in [5.74, 6) is -0.298. The fourth-order valence-corrected chi connectivity index (χ4v) is 4.30. The topological polar surface area (TPSA) is 54.5 Å². The second kappa shape index (κ2) is 4.41. The van der Waals surface area contributed by atoms with Gasteiger partial charge in [0, 0.05) is 6.42 Å². The first-order valence-electron chi connectivity index (χ1n) is 8.26. The van der Waals surface area contributed by atoms with Crippen LogP contribution in [0.25, 0.3) is 0 Å². The van der Waals surface area contributed by atoms with E-state index in [1.54, 1.807) is 30.3 Å². The van der Waals surface area contributed by atoms with Crippen LogP contribution >= 0.6 is 0 Å². The first kappa shape index (κ1) is 13.7. The number of hydrogen-bond acceptors (Lipinski definition) is 3. The Labute approximate surface area is 139 Å². The molecule has 1 heterocycles. The molecular formula is C20H15NO3. The Balaban J connectivity index is 1.62. The Kier molecular flexibility index (Phi) is 2.51. The highest BCUT2D eigenvalue weighted by molar-refractivity contribution is 6.34. The van der Waals surface area contributed by atoms with E-state index in [9.17, 15) is 14.4 Å². The van der Waals surface area contributed by atoms with Crippen LogP contribution in [-0.2, 0) is 16.6 Å². The second-order valence-corrected chi connectivity index (χ2v) is 6.87. The van der Waals surface area contributed by atoms with Crippen molar-refractivity contribution in [2.75, 3.05) is 4.90 Å². The summed E-state index contributed by atoms with van der Waals surface area (Å²) in [6.07, 6.45) is 3.29. The van der Waals surface area contributed by atoms with Crippen molar-refractivity contribution in [3.05, 3.63) is 64.7 Å². The van der Waals surface area contributed by atoms with E-state index < -0.39 is 0 Å². The van der Waals surface area contributed by atoms with Gasteiger partial charge in [0.1, 0.15) is 5.78 Å². The van der Waals surface area contributed by atoms with Gasteiger partial charge < -0.3 is 0 Å². The molecule has 4 heteroatoms. The van der Waals surface area contributed by atoms with Crippen molar-refractivity contribution < 1.29 is 14.4 Å². The highest BCUT2D eigenvalue weighted by Crippen LogP contribution is 2.51. The Hall–Kier alpha value is -2.75. The number of benzene rings is 2. The van der Waals surface area contributed by atoms with Gasteiger partial charge in [0.25, 0.3) is 11.8 Å². The van der Waals surface area contributed by atoms with Crippen LogP contribution in [0.5, 0.6) is 0 Å². The van der Waals surface area contributed by atoms with Gasteiger partial charge in [0.2, 0.25) is 0 Å². The third kappa shape index (κ3) is 1.51. The monoisotopic (exact) mass is 317 g/mol. The van der Waals surface area contributed by atoms with Crippen molar-refractivity contribution in [1.29, 1.82) is 0 Å². The number of Topliss-reactive ketones (excluding diaryl/α,β-unsaturated/α-hetero) is 1. The summed E-state index contributed by atoms with van der Waals surface area (Å²) >= 11 is 0. The minimum atomic E-state index is -0.357. The molecule has 118 valence electrons. The zero-order chi connectivity index (χ0) is 16.5. The van der Waals surface area contributed by atoms with E-state index in [-0.39, 0.29) is 23.0 Å². The Morgan fingerprint density at radius 3 is 2.12 bits per heavy atom. The zero-order valence-electron chi connectivity index (χ0n) is 13.0.